The predicted molar refractivity (Wildman–Crippen MR) is 110 cm³/mol. The van der Waals surface area contributed by atoms with Gasteiger partial charge >= 0.3 is 0 Å². The van der Waals surface area contributed by atoms with Crippen LogP contribution >= 0.6 is 0 Å². The Labute approximate surface area is 164 Å². The molecule has 0 aliphatic carbocycles. The average Bonchev–Trinajstić information content (AvgIpc) is 3.21. The molecule has 6 heteroatoms. The average molecular weight is 380 g/mol. The molecule has 1 atom stereocenters. The first-order valence-corrected chi connectivity index (χ1v) is 9.71. The molecule has 1 unspecified atom stereocenters. The molecule has 28 heavy (non-hydrogen) atoms. The second kappa shape index (κ2) is 8.10. The topological polar surface area (TPSA) is 50.3 Å². The summed E-state index contributed by atoms with van der Waals surface area (Å²) in [5.74, 6) is 1.21. The number of anilines is 1. The molecule has 4 rings (SSSR count). The van der Waals surface area contributed by atoms with E-state index in [1.165, 1.54) is 38.1 Å². The summed E-state index contributed by atoms with van der Waals surface area (Å²) >= 11 is 0. The molecule has 1 fully saturated rings. The van der Waals surface area contributed by atoms with Crippen molar-refractivity contribution >= 4 is 16.7 Å². The molecule has 2 aromatic carbocycles. The third-order valence-corrected chi connectivity index (χ3v) is 5.22. The molecule has 3 aromatic rings. The smallest absolute Gasteiger partial charge is 0.145 e. The van der Waals surface area contributed by atoms with Crippen molar-refractivity contribution in [3.05, 3.63) is 48.5 Å². The molecule has 2 heterocycles. The first-order valence-electron chi connectivity index (χ1n) is 9.71. The van der Waals surface area contributed by atoms with E-state index in [2.05, 4.69) is 27.1 Å². The Hall–Kier alpha value is -2.73. The van der Waals surface area contributed by atoms with E-state index in [0.29, 0.717) is 5.75 Å². The SMILES string of the molecule is COc1cc(-c2ccc(F)cc2)cc2c(NC(C)CN3CCCC3)ncnc12. The van der Waals surface area contributed by atoms with Gasteiger partial charge in [-0.1, -0.05) is 12.1 Å². The Morgan fingerprint density at radius 1 is 1.11 bits per heavy atom. The number of likely N-dealkylation sites (tertiary alicyclic amines) is 1. The van der Waals surface area contributed by atoms with Gasteiger partial charge in [-0.15, -0.1) is 0 Å². The number of methoxy groups -OCH3 is 1. The molecular weight excluding hydrogens is 355 g/mol. The molecule has 1 saturated heterocycles. The van der Waals surface area contributed by atoms with Crippen molar-refractivity contribution in [2.45, 2.75) is 25.8 Å². The van der Waals surface area contributed by atoms with Crippen molar-refractivity contribution in [3.8, 4) is 16.9 Å². The Bertz CT molecular complexity index is 955. The van der Waals surface area contributed by atoms with Crippen molar-refractivity contribution in [3.63, 3.8) is 0 Å². The van der Waals surface area contributed by atoms with Gasteiger partial charge in [0.1, 0.15) is 29.2 Å². The Balaban J connectivity index is 1.70. The number of nitrogens with zero attached hydrogens (tertiary/aromatic N) is 3. The number of rotatable bonds is 6. The first kappa shape index (κ1) is 18.6. The highest BCUT2D eigenvalue weighted by atomic mass is 19.1. The quantitative estimate of drug-likeness (QED) is 0.689. The maximum absolute atomic E-state index is 13.3. The monoisotopic (exact) mass is 380 g/mol. The summed E-state index contributed by atoms with van der Waals surface area (Å²) in [4.78, 5) is 11.4. The summed E-state index contributed by atoms with van der Waals surface area (Å²) in [6, 6.07) is 10.7. The van der Waals surface area contributed by atoms with Gasteiger partial charge in [-0.25, -0.2) is 14.4 Å². The maximum atomic E-state index is 13.3. The lowest BCUT2D eigenvalue weighted by atomic mass is 10.0. The van der Waals surface area contributed by atoms with E-state index < -0.39 is 0 Å². The van der Waals surface area contributed by atoms with Gasteiger partial charge in [0.15, 0.2) is 0 Å². The summed E-state index contributed by atoms with van der Waals surface area (Å²) in [7, 11) is 1.63. The molecule has 0 amide bonds. The van der Waals surface area contributed by atoms with Crippen molar-refractivity contribution in [2.75, 3.05) is 32.1 Å². The number of nitrogens with one attached hydrogen (secondary N) is 1. The van der Waals surface area contributed by atoms with E-state index in [-0.39, 0.29) is 11.9 Å². The zero-order valence-electron chi connectivity index (χ0n) is 16.3. The van der Waals surface area contributed by atoms with Gasteiger partial charge in [0.2, 0.25) is 0 Å². The Morgan fingerprint density at radius 2 is 1.86 bits per heavy atom. The Morgan fingerprint density at radius 3 is 2.57 bits per heavy atom. The van der Waals surface area contributed by atoms with Crippen molar-refractivity contribution < 1.29 is 9.13 Å². The van der Waals surface area contributed by atoms with Gasteiger partial charge in [-0.05, 0) is 68.2 Å². The van der Waals surface area contributed by atoms with Crippen molar-refractivity contribution in [1.82, 2.24) is 14.9 Å². The number of hydrogen-bond acceptors (Lipinski definition) is 5. The van der Waals surface area contributed by atoms with Crippen LogP contribution in [0.3, 0.4) is 0 Å². The zero-order valence-corrected chi connectivity index (χ0v) is 16.3. The zero-order chi connectivity index (χ0) is 19.5. The molecule has 5 nitrogen and oxygen atoms in total. The largest absolute Gasteiger partial charge is 0.494 e. The highest BCUT2D eigenvalue weighted by molar-refractivity contribution is 5.96. The van der Waals surface area contributed by atoms with E-state index in [9.17, 15) is 4.39 Å². The van der Waals surface area contributed by atoms with Crippen LogP contribution in [-0.2, 0) is 0 Å². The van der Waals surface area contributed by atoms with Crippen molar-refractivity contribution in [2.24, 2.45) is 0 Å². The molecule has 1 N–H and O–H groups in total. The molecular formula is C22H25FN4O. The molecule has 0 saturated carbocycles. The van der Waals surface area contributed by atoms with Gasteiger partial charge in [0.25, 0.3) is 0 Å². The fourth-order valence-corrected chi connectivity index (χ4v) is 3.85. The second-order valence-electron chi connectivity index (χ2n) is 7.36. The predicted octanol–water partition coefficient (Wildman–Crippen LogP) is 4.34. The van der Waals surface area contributed by atoms with Gasteiger partial charge in [0.05, 0.1) is 7.11 Å². The summed E-state index contributed by atoms with van der Waals surface area (Å²) in [5, 5.41) is 4.44. The van der Waals surface area contributed by atoms with Crippen LogP contribution in [0.4, 0.5) is 10.2 Å². The van der Waals surface area contributed by atoms with Crippen LogP contribution in [0.25, 0.3) is 22.0 Å². The minimum absolute atomic E-state index is 0.252. The van der Waals surface area contributed by atoms with Gasteiger partial charge in [0, 0.05) is 18.0 Å². The third kappa shape index (κ3) is 3.92. The Kier molecular flexibility index (Phi) is 5.39. The highest BCUT2D eigenvalue weighted by Gasteiger charge is 2.17. The van der Waals surface area contributed by atoms with Crippen LogP contribution in [0.2, 0.25) is 0 Å². The normalized spacial score (nSPS) is 15.7. The lowest BCUT2D eigenvalue weighted by Gasteiger charge is -2.22. The molecule has 0 radical (unpaired) electrons. The third-order valence-electron chi connectivity index (χ3n) is 5.22. The van der Waals surface area contributed by atoms with Crippen LogP contribution in [0.15, 0.2) is 42.7 Å². The van der Waals surface area contributed by atoms with Crippen LogP contribution in [0.1, 0.15) is 19.8 Å². The number of ether oxygens (including phenoxy) is 1. The number of halogens is 1. The van der Waals surface area contributed by atoms with Gasteiger partial charge in [-0.2, -0.15) is 0 Å². The first-order chi connectivity index (χ1) is 13.6. The summed E-state index contributed by atoms with van der Waals surface area (Å²) in [6.45, 7) is 5.49. The molecule has 0 spiro atoms. The fraction of sp³-hybridized carbons (Fsp3) is 0.364. The molecule has 0 bridgehead atoms. The second-order valence-corrected chi connectivity index (χ2v) is 7.36. The summed E-state index contributed by atoms with van der Waals surface area (Å²) < 4.78 is 18.9. The molecule has 1 aliphatic rings. The molecule has 1 aliphatic heterocycles. The highest BCUT2D eigenvalue weighted by Crippen LogP contribution is 2.34. The molecule has 1 aromatic heterocycles. The summed E-state index contributed by atoms with van der Waals surface area (Å²) in [6.07, 6.45) is 4.12. The van der Waals surface area contributed by atoms with E-state index in [0.717, 1.165) is 34.4 Å². The van der Waals surface area contributed by atoms with Crippen LogP contribution in [-0.4, -0.2) is 47.7 Å². The minimum atomic E-state index is -0.252. The van der Waals surface area contributed by atoms with Crippen LogP contribution in [0, 0.1) is 5.82 Å². The number of benzene rings is 2. The number of aromatic nitrogens is 2. The van der Waals surface area contributed by atoms with Crippen molar-refractivity contribution in [1.29, 1.82) is 0 Å². The lowest BCUT2D eigenvalue weighted by Crippen LogP contribution is -2.33. The van der Waals surface area contributed by atoms with E-state index >= 15 is 0 Å². The number of hydrogen-bond donors (Lipinski definition) is 1. The number of fused-ring (bicyclic) bond motifs is 1. The van der Waals surface area contributed by atoms with Crippen LogP contribution in [0.5, 0.6) is 5.75 Å². The summed E-state index contributed by atoms with van der Waals surface area (Å²) in [5.41, 5.74) is 2.62. The standard InChI is InChI=1S/C22H25FN4O/c1-15(13-27-9-3-4-10-27)26-22-19-11-17(16-5-7-18(23)8-6-16)12-20(28-2)21(19)24-14-25-22/h5-8,11-12,14-15H,3-4,9-10,13H2,1-2H3,(H,24,25,26). The van der Waals surface area contributed by atoms with E-state index in [1.54, 1.807) is 25.6 Å². The maximum Gasteiger partial charge on any atom is 0.145 e. The lowest BCUT2D eigenvalue weighted by molar-refractivity contribution is 0.327. The van der Waals surface area contributed by atoms with E-state index in [4.69, 9.17) is 4.74 Å². The molecule has 146 valence electrons. The van der Waals surface area contributed by atoms with Gasteiger partial charge < -0.3 is 15.0 Å². The minimum Gasteiger partial charge on any atom is -0.494 e. The van der Waals surface area contributed by atoms with Gasteiger partial charge in [-0.3, -0.25) is 0 Å². The van der Waals surface area contributed by atoms with Crippen LogP contribution < -0.4 is 10.1 Å². The van der Waals surface area contributed by atoms with E-state index in [1.807, 2.05) is 12.1 Å². The fourth-order valence-electron chi connectivity index (χ4n) is 3.85.